The van der Waals surface area contributed by atoms with Crippen LogP contribution in [0.2, 0.25) is 0 Å². The molecule has 4 aromatic heterocycles. The lowest BCUT2D eigenvalue weighted by molar-refractivity contribution is 1.33. The van der Waals surface area contributed by atoms with E-state index in [1.54, 1.807) is 0 Å². The SMILES string of the molecule is c1cncc(-c2ccc(-c3cc(-c4ccc(-c5cccnc5)cc4)c(-c4ccc(-c5ccncc5)cc4)cc3-c3ccc(-c4ccncc4)cc3)cc2)c1. The van der Waals surface area contributed by atoms with E-state index < -0.39 is 0 Å². The minimum Gasteiger partial charge on any atom is -0.265 e. The van der Waals surface area contributed by atoms with Crippen LogP contribution in [0, 0.1) is 0 Å². The van der Waals surface area contributed by atoms with Gasteiger partial charge in [0.2, 0.25) is 0 Å². The van der Waals surface area contributed by atoms with Crippen LogP contribution in [0.5, 0.6) is 0 Å². The molecular weight excluding hydrogens is 657 g/mol. The average Bonchev–Trinajstić information content (AvgIpc) is 3.27. The van der Waals surface area contributed by atoms with E-state index in [-0.39, 0.29) is 0 Å². The molecule has 254 valence electrons. The molecule has 54 heavy (non-hydrogen) atoms. The van der Waals surface area contributed by atoms with E-state index in [0.29, 0.717) is 0 Å². The van der Waals surface area contributed by atoms with Crippen molar-refractivity contribution in [3.63, 3.8) is 0 Å². The highest BCUT2D eigenvalue weighted by molar-refractivity contribution is 5.96. The zero-order valence-electron chi connectivity index (χ0n) is 29.4. The van der Waals surface area contributed by atoms with E-state index in [1.165, 1.54) is 0 Å². The Bertz CT molecular complexity index is 2250. The van der Waals surface area contributed by atoms with Gasteiger partial charge in [-0.2, -0.15) is 0 Å². The standard InChI is InChI=1S/C50H34N4/c1-3-45(33-53-25-1)37-9-17-43(18-10-37)49-32-50(44-19-11-38(12-20-44)46-4-2-26-54-34-46)48(42-15-7-36(8-16-42)40-23-29-52-30-24-40)31-47(49)41-13-5-35(6-14-41)39-21-27-51-28-22-39/h1-34H. The van der Waals surface area contributed by atoms with Gasteiger partial charge in [-0.05, 0) is 138 Å². The molecule has 0 spiro atoms. The molecule has 5 aromatic carbocycles. The Morgan fingerprint density at radius 1 is 0.204 bits per heavy atom. The van der Waals surface area contributed by atoms with Gasteiger partial charge in [0.1, 0.15) is 0 Å². The van der Waals surface area contributed by atoms with Crippen molar-refractivity contribution in [3.8, 4) is 89.0 Å². The highest BCUT2D eigenvalue weighted by Gasteiger charge is 2.17. The molecule has 0 unspecified atom stereocenters. The quantitative estimate of drug-likeness (QED) is 0.159. The lowest BCUT2D eigenvalue weighted by atomic mass is 9.84. The molecule has 0 fully saturated rings. The molecule has 4 heteroatoms. The lowest BCUT2D eigenvalue weighted by Crippen LogP contribution is -1.93. The molecule has 4 heterocycles. The van der Waals surface area contributed by atoms with Crippen LogP contribution in [0.4, 0.5) is 0 Å². The van der Waals surface area contributed by atoms with Crippen molar-refractivity contribution in [1.82, 2.24) is 19.9 Å². The largest absolute Gasteiger partial charge is 0.265 e. The van der Waals surface area contributed by atoms with Crippen molar-refractivity contribution in [1.29, 1.82) is 0 Å². The number of benzene rings is 5. The van der Waals surface area contributed by atoms with Gasteiger partial charge in [-0.15, -0.1) is 0 Å². The van der Waals surface area contributed by atoms with Crippen molar-refractivity contribution in [3.05, 3.63) is 207 Å². The maximum absolute atomic E-state index is 4.35. The van der Waals surface area contributed by atoms with Crippen molar-refractivity contribution in [2.75, 3.05) is 0 Å². The predicted octanol–water partition coefficient (Wildman–Crippen LogP) is 12.6. The van der Waals surface area contributed by atoms with Gasteiger partial charge in [0, 0.05) is 49.6 Å². The summed E-state index contributed by atoms with van der Waals surface area (Å²) in [7, 11) is 0. The van der Waals surface area contributed by atoms with Crippen LogP contribution in [0.15, 0.2) is 207 Å². The summed E-state index contributed by atoms with van der Waals surface area (Å²) in [6.07, 6.45) is 14.8. The molecule has 9 aromatic rings. The molecule has 0 N–H and O–H groups in total. The van der Waals surface area contributed by atoms with Crippen molar-refractivity contribution >= 4 is 0 Å². The first-order valence-corrected chi connectivity index (χ1v) is 18.0. The van der Waals surface area contributed by atoms with Crippen molar-refractivity contribution in [2.24, 2.45) is 0 Å². The third kappa shape index (κ3) is 6.72. The van der Waals surface area contributed by atoms with E-state index in [9.17, 15) is 0 Å². The van der Waals surface area contributed by atoms with Gasteiger partial charge < -0.3 is 0 Å². The second kappa shape index (κ2) is 14.7. The zero-order chi connectivity index (χ0) is 36.1. The van der Waals surface area contributed by atoms with Gasteiger partial charge in [-0.3, -0.25) is 19.9 Å². The second-order valence-electron chi connectivity index (χ2n) is 13.2. The van der Waals surface area contributed by atoms with E-state index in [2.05, 4.69) is 141 Å². The molecule has 0 aliphatic carbocycles. The van der Waals surface area contributed by atoms with Gasteiger partial charge in [-0.1, -0.05) is 109 Å². The summed E-state index contributed by atoms with van der Waals surface area (Å²) in [6, 6.07) is 56.5. The Morgan fingerprint density at radius 3 is 0.741 bits per heavy atom. The number of pyridine rings is 4. The number of hydrogen-bond donors (Lipinski definition) is 0. The Kier molecular flexibility index (Phi) is 8.90. The van der Waals surface area contributed by atoms with Crippen LogP contribution in [0.3, 0.4) is 0 Å². The summed E-state index contributed by atoms with van der Waals surface area (Å²) < 4.78 is 0. The van der Waals surface area contributed by atoms with Crippen LogP contribution in [-0.2, 0) is 0 Å². The minimum atomic E-state index is 1.09. The normalized spacial score (nSPS) is 11.0. The molecule has 0 aliphatic rings. The van der Waals surface area contributed by atoms with Crippen molar-refractivity contribution in [2.45, 2.75) is 0 Å². The predicted molar refractivity (Wildman–Crippen MR) is 221 cm³/mol. The highest BCUT2D eigenvalue weighted by Crippen LogP contribution is 2.43. The van der Waals surface area contributed by atoms with Crippen LogP contribution in [0.1, 0.15) is 0 Å². The number of nitrogens with zero attached hydrogens (tertiary/aromatic N) is 4. The molecule has 0 radical (unpaired) electrons. The molecule has 0 bridgehead atoms. The van der Waals surface area contributed by atoms with Crippen LogP contribution in [0.25, 0.3) is 89.0 Å². The molecule has 0 atom stereocenters. The topological polar surface area (TPSA) is 51.6 Å². The second-order valence-corrected chi connectivity index (χ2v) is 13.2. The van der Waals surface area contributed by atoms with Gasteiger partial charge in [0.25, 0.3) is 0 Å². The van der Waals surface area contributed by atoms with Crippen molar-refractivity contribution < 1.29 is 0 Å². The molecule has 0 saturated heterocycles. The molecule has 0 aliphatic heterocycles. The number of aromatic nitrogens is 4. The Morgan fingerprint density at radius 2 is 0.463 bits per heavy atom. The Labute approximate surface area is 315 Å². The van der Waals surface area contributed by atoms with Gasteiger partial charge in [0.15, 0.2) is 0 Å². The molecular formula is C50H34N4. The third-order valence-corrected chi connectivity index (χ3v) is 9.96. The highest BCUT2D eigenvalue weighted by atomic mass is 14.6. The maximum Gasteiger partial charge on any atom is 0.0346 e. The van der Waals surface area contributed by atoms with E-state index in [4.69, 9.17) is 0 Å². The summed E-state index contributed by atoms with van der Waals surface area (Å²) in [5.74, 6) is 0. The Hall–Kier alpha value is -7.30. The fourth-order valence-corrected chi connectivity index (χ4v) is 7.08. The summed E-state index contributed by atoms with van der Waals surface area (Å²) in [6.45, 7) is 0. The zero-order valence-corrected chi connectivity index (χ0v) is 29.4. The fraction of sp³-hybridized carbons (Fsp3) is 0. The molecule has 9 rings (SSSR count). The first kappa shape index (κ1) is 32.6. The van der Waals surface area contributed by atoms with Crippen LogP contribution >= 0.6 is 0 Å². The van der Waals surface area contributed by atoms with Gasteiger partial charge in [0.05, 0.1) is 0 Å². The number of hydrogen-bond acceptors (Lipinski definition) is 4. The van der Waals surface area contributed by atoms with E-state index in [0.717, 1.165) is 89.0 Å². The smallest absolute Gasteiger partial charge is 0.0346 e. The summed E-state index contributed by atoms with van der Waals surface area (Å²) >= 11 is 0. The van der Waals surface area contributed by atoms with Crippen LogP contribution < -0.4 is 0 Å². The molecule has 0 amide bonds. The summed E-state index contributed by atoms with van der Waals surface area (Å²) in [4.78, 5) is 17.1. The fourth-order valence-electron chi connectivity index (χ4n) is 7.08. The van der Waals surface area contributed by atoms with E-state index in [1.807, 2.05) is 86.0 Å². The summed E-state index contributed by atoms with van der Waals surface area (Å²) in [5.41, 5.74) is 18.3. The molecule has 0 saturated carbocycles. The van der Waals surface area contributed by atoms with Gasteiger partial charge in [-0.25, -0.2) is 0 Å². The summed E-state index contributed by atoms with van der Waals surface area (Å²) in [5, 5.41) is 0. The molecule has 4 nitrogen and oxygen atoms in total. The maximum atomic E-state index is 4.35. The first-order chi connectivity index (χ1) is 26.8. The third-order valence-electron chi connectivity index (χ3n) is 9.96. The average molecular weight is 691 g/mol. The first-order valence-electron chi connectivity index (χ1n) is 18.0. The van der Waals surface area contributed by atoms with Crippen LogP contribution in [-0.4, -0.2) is 19.9 Å². The number of rotatable bonds is 8. The van der Waals surface area contributed by atoms with Gasteiger partial charge >= 0.3 is 0 Å². The monoisotopic (exact) mass is 690 g/mol. The van der Waals surface area contributed by atoms with E-state index >= 15 is 0 Å². The Balaban J connectivity index is 1.23. The minimum absolute atomic E-state index is 1.09. The lowest BCUT2D eigenvalue weighted by Gasteiger charge is -2.19.